The lowest BCUT2D eigenvalue weighted by molar-refractivity contribution is -0.147. The molecule has 1 aliphatic heterocycles. The number of amides is 1. The molecule has 1 amide bonds. The van der Waals surface area contributed by atoms with Gasteiger partial charge < -0.3 is 4.90 Å². The summed E-state index contributed by atoms with van der Waals surface area (Å²) >= 11 is 1.76. The first-order valence-electron chi connectivity index (χ1n) is 9.82. The van der Waals surface area contributed by atoms with Gasteiger partial charge in [0.1, 0.15) is 0 Å². The monoisotopic (exact) mass is 442 g/mol. The van der Waals surface area contributed by atoms with Gasteiger partial charge in [0, 0.05) is 30.3 Å². The van der Waals surface area contributed by atoms with Gasteiger partial charge in [0.05, 0.1) is 12.5 Å². The van der Waals surface area contributed by atoms with E-state index in [1.165, 1.54) is 0 Å². The molecule has 1 fully saturated rings. The Morgan fingerprint density at radius 3 is 2.30 bits per heavy atom. The molecule has 1 aromatic heterocycles. The summed E-state index contributed by atoms with van der Waals surface area (Å²) in [6.07, 6.45) is -3.62. The SMILES string of the molecule is CC(C)Sc1ccc(CC(=O)N2CCC(n3nc(C(F)(F)F)n(C)c3=O)CC2)cc1. The summed E-state index contributed by atoms with van der Waals surface area (Å²) in [5, 5.41) is 3.99. The van der Waals surface area contributed by atoms with E-state index in [4.69, 9.17) is 0 Å². The Kier molecular flexibility index (Phi) is 6.64. The van der Waals surface area contributed by atoms with Crippen molar-refractivity contribution in [3.63, 3.8) is 0 Å². The highest BCUT2D eigenvalue weighted by atomic mass is 32.2. The molecule has 3 rings (SSSR count). The van der Waals surface area contributed by atoms with E-state index in [9.17, 15) is 22.8 Å². The maximum Gasteiger partial charge on any atom is 0.451 e. The van der Waals surface area contributed by atoms with Crippen molar-refractivity contribution in [2.24, 2.45) is 7.05 Å². The number of rotatable bonds is 5. The highest BCUT2D eigenvalue weighted by molar-refractivity contribution is 7.99. The molecule has 0 unspecified atom stereocenters. The first-order chi connectivity index (χ1) is 14.1. The van der Waals surface area contributed by atoms with Crippen molar-refractivity contribution >= 4 is 17.7 Å². The highest BCUT2D eigenvalue weighted by Crippen LogP contribution is 2.28. The van der Waals surface area contributed by atoms with Crippen molar-refractivity contribution in [3.8, 4) is 0 Å². The lowest BCUT2D eigenvalue weighted by atomic mass is 10.0. The van der Waals surface area contributed by atoms with Crippen LogP contribution in [-0.2, 0) is 24.4 Å². The number of benzene rings is 1. The van der Waals surface area contributed by atoms with Gasteiger partial charge in [-0.2, -0.15) is 13.2 Å². The number of nitrogens with zero attached hydrogens (tertiary/aromatic N) is 4. The number of carbonyl (C=O) groups is 1. The first-order valence-corrected chi connectivity index (χ1v) is 10.7. The van der Waals surface area contributed by atoms with Crippen LogP contribution in [0.4, 0.5) is 13.2 Å². The summed E-state index contributed by atoms with van der Waals surface area (Å²) in [6, 6.07) is 7.45. The van der Waals surface area contributed by atoms with Crippen molar-refractivity contribution < 1.29 is 18.0 Å². The fourth-order valence-corrected chi connectivity index (χ4v) is 4.38. The molecule has 6 nitrogen and oxygen atoms in total. The van der Waals surface area contributed by atoms with Gasteiger partial charge in [0.15, 0.2) is 0 Å². The minimum Gasteiger partial charge on any atom is -0.342 e. The van der Waals surface area contributed by atoms with Crippen molar-refractivity contribution in [1.29, 1.82) is 0 Å². The second kappa shape index (κ2) is 8.87. The summed E-state index contributed by atoms with van der Waals surface area (Å²) in [5.41, 5.74) is 0.137. The second-order valence-corrected chi connectivity index (χ2v) is 9.36. The van der Waals surface area contributed by atoms with Crippen LogP contribution in [0.5, 0.6) is 0 Å². The molecule has 0 saturated carbocycles. The van der Waals surface area contributed by atoms with Gasteiger partial charge in [-0.25, -0.2) is 9.48 Å². The predicted molar refractivity (Wildman–Crippen MR) is 108 cm³/mol. The zero-order valence-electron chi connectivity index (χ0n) is 17.1. The normalized spacial score (nSPS) is 15.8. The molecule has 1 aliphatic rings. The number of halogens is 3. The molecule has 164 valence electrons. The van der Waals surface area contributed by atoms with Crippen LogP contribution in [0.15, 0.2) is 34.0 Å². The topological polar surface area (TPSA) is 60.1 Å². The van der Waals surface area contributed by atoms with Crippen LogP contribution in [0.2, 0.25) is 0 Å². The van der Waals surface area contributed by atoms with E-state index in [0.29, 0.717) is 35.7 Å². The molecule has 0 N–H and O–H groups in total. The van der Waals surface area contributed by atoms with Crippen LogP contribution in [0, 0.1) is 0 Å². The fourth-order valence-electron chi connectivity index (χ4n) is 3.55. The van der Waals surface area contributed by atoms with Gasteiger partial charge in [-0.05, 0) is 30.5 Å². The quantitative estimate of drug-likeness (QED) is 0.665. The zero-order valence-corrected chi connectivity index (χ0v) is 18.0. The third-order valence-corrected chi connectivity index (χ3v) is 6.09. The summed E-state index contributed by atoms with van der Waals surface area (Å²) < 4.78 is 40.4. The second-order valence-electron chi connectivity index (χ2n) is 7.71. The Bertz CT molecular complexity index is 942. The minimum absolute atomic E-state index is 0.0259. The fraction of sp³-hybridized carbons (Fsp3) is 0.550. The van der Waals surface area contributed by atoms with E-state index in [0.717, 1.165) is 22.2 Å². The van der Waals surface area contributed by atoms with Crippen LogP contribution in [0.3, 0.4) is 0 Å². The average molecular weight is 443 g/mol. The molecule has 0 bridgehead atoms. The van der Waals surface area contributed by atoms with E-state index in [1.54, 1.807) is 16.7 Å². The van der Waals surface area contributed by atoms with Gasteiger partial charge in [0.2, 0.25) is 11.7 Å². The zero-order chi connectivity index (χ0) is 22.1. The van der Waals surface area contributed by atoms with Gasteiger partial charge in [-0.3, -0.25) is 9.36 Å². The van der Waals surface area contributed by atoms with Gasteiger partial charge >= 0.3 is 11.9 Å². The van der Waals surface area contributed by atoms with Gasteiger partial charge in [-0.15, -0.1) is 16.9 Å². The molecule has 1 aromatic carbocycles. The first kappa shape index (κ1) is 22.5. The summed E-state index contributed by atoms with van der Waals surface area (Å²) in [4.78, 5) is 27.6. The third kappa shape index (κ3) is 5.08. The Hall–Kier alpha value is -2.23. The maximum absolute atomic E-state index is 13.0. The summed E-state index contributed by atoms with van der Waals surface area (Å²) in [7, 11) is 1.07. The molecule has 0 spiro atoms. The van der Waals surface area contributed by atoms with Gasteiger partial charge in [0.25, 0.3) is 0 Å². The number of alkyl halides is 3. The van der Waals surface area contributed by atoms with Crippen molar-refractivity contribution in [2.45, 2.75) is 55.5 Å². The molecule has 2 heterocycles. The van der Waals surface area contributed by atoms with Crippen molar-refractivity contribution in [2.75, 3.05) is 13.1 Å². The largest absolute Gasteiger partial charge is 0.451 e. The predicted octanol–water partition coefficient (Wildman–Crippen LogP) is 3.51. The average Bonchev–Trinajstić information content (AvgIpc) is 2.98. The number of piperidine rings is 1. The van der Waals surface area contributed by atoms with Crippen LogP contribution < -0.4 is 5.69 Å². The number of aromatic nitrogens is 3. The standard InChI is InChI=1S/C20H25F3N4O2S/c1-13(2)30-16-6-4-14(5-7-16)12-17(28)26-10-8-15(9-11-26)27-19(29)25(3)18(24-27)20(21,22)23/h4-7,13,15H,8-12H2,1-3H3. The Morgan fingerprint density at radius 2 is 1.80 bits per heavy atom. The van der Waals surface area contributed by atoms with Gasteiger partial charge in [-0.1, -0.05) is 26.0 Å². The van der Waals surface area contributed by atoms with Crippen LogP contribution >= 0.6 is 11.8 Å². The molecule has 0 radical (unpaired) electrons. The number of thioether (sulfide) groups is 1. The lowest BCUT2D eigenvalue weighted by Crippen LogP contribution is -2.41. The van der Waals surface area contributed by atoms with E-state index < -0.39 is 23.7 Å². The molecule has 10 heteroatoms. The van der Waals surface area contributed by atoms with Crippen molar-refractivity contribution in [1.82, 2.24) is 19.2 Å². The van der Waals surface area contributed by atoms with E-state index in [2.05, 4.69) is 18.9 Å². The Morgan fingerprint density at radius 1 is 1.20 bits per heavy atom. The van der Waals surface area contributed by atoms with Crippen LogP contribution in [0.25, 0.3) is 0 Å². The van der Waals surface area contributed by atoms with E-state index >= 15 is 0 Å². The maximum atomic E-state index is 13.0. The molecular weight excluding hydrogens is 417 g/mol. The third-order valence-electron chi connectivity index (χ3n) is 5.07. The number of hydrogen-bond acceptors (Lipinski definition) is 4. The molecule has 0 aliphatic carbocycles. The molecule has 30 heavy (non-hydrogen) atoms. The molecule has 2 aromatic rings. The molecule has 0 atom stereocenters. The molecular formula is C20H25F3N4O2S. The van der Waals surface area contributed by atoms with E-state index in [1.807, 2.05) is 24.3 Å². The van der Waals surface area contributed by atoms with Crippen LogP contribution in [-0.4, -0.2) is 43.5 Å². The summed E-state index contributed by atoms with van der Waals surface area (Å²) in [5.74, 6) is -1.23. The number of carbonyl (C=O) groups excluding carboxylic acids is 1. The molecule has 1 saturated heterocycles. The smallest absolute Gasteiger partial charge is 0.342 e. The van der Waals surface area contributed by atoms with Crippen LogP contribution in [0.1, 0.15) is 44.1 Å². The number of likely N-dealkylation sites (tertiary alicyclic amines) is 1. The van der Waals surface area contributed by atoms with Crippen molar-refractivity contribution in [3.05, 3.63) is 46.1 Å². The lowest BCUT2D eigenvalue weighted by Gasteiger charge is -2.31. The summed E-state index contributed by atoms with van der Waals surface area (Å²) in [6.45, 7) is 5.01. The Labute approximate surface area is 177 Å². The highest BCUT2D eigenvalue weighted by Gasteiger charge is 2.39. The minimum atomic E-state index is -4.68. The Balaban J connectivity index is 1.59. The number of hydrogen-bond donors (Lipinski definition) is 0. The van der Waals surface area contributed by atoms with E-state index in [-0.39, 0.29) is 12.3 Å².